The van der Waals surface area contributed by atoms with Crippen molar-refractivity contribution in [2.75, 3.05) is 40.3 Å². The Kier molecular flexibility index (Phi) is 5.95. The number of thiophene rings is 1. The lowest BCUT2D eigenvalue weighted by atomic mass is 9.88. The van der Waals surface area contributed by atoms with Gasteiger partial charge in [-0.2, -0.15) is 0 Å². The van der Waals surface area contributed by atoms with E-state index < -0.39 is 0 Å². The molecule has 1 atom stereocenters. The molecule has 3 heterocycles. The zero-order valence-corrected chi connectivity index (χ0v) is 18.4. The Morgan fingerprint density at radius 3 is 2.59 bits per heavy atom. The Morgan fingerprint density at radius 2 is 1.93 bits per heavy atom. The molecule has 0 bridgehead atoms. The van der Waals surface area contributed by atoms with Crippen molar-refractivity contribution in [3.63, 3.8) is 0 Å². The van der Waals surface area contributed by atoms with Gasteiger partial charge in [0.05, 0.1) is 12.0 Å². The minimum atomic E-state index is 0.107. The normalized spacial score (nSPS) is 21.0. The Balaban J connectivity index is 1.58. The van der Waals surface area contributed by atoms with Gasteiger partial charge in [0.1, 0.15) is 5.75 Å². The second kappa shape index (κ2) is 8.46. The van der Waals surface area contributed by atoms with E-state index in [-0.39, 0.29) is 11.9 Å². The molecule has 0 radical (unpaired) electrons. The summed E-state index contributed by atoms with van der Waals surface area (Å²) < 4.78 is 5.77. The highest BCUT2D eigenvalue weighted by Gasteiger charge is 2.27. The Bertz CT molecular complexity index is 886. The molecule has 2 N–H and O–H groups in total. The molecule has 0 unspecified atom stereocenters. The number of methoxy groups -OCH3 is 1. The van der Waals surface area contributed by atoms with Gasteiger partial charge in [0.2, 0.25) is 0 Å². The first-order valence-electron chi connectivity index (χ1n) is 10.5. The molecule has 2 saturated heterocycles. The molecule has 1 amide bonds. The molecule has 0 saturated carbocycles. The molecule has 2 fully saturated rings. The van der Waals surface area contributed by atoms with Crippen LogP contribution in [0.15, 0.2) is 24.3 Å². The number of ether oxygens (including phenoxy) is 1. The van der Waals surface area contributed by atoms with Crippen molar-refractivity contribution < 1.29 is 9.53 Å². The van der Waals surface area contributed by atoms with Gasteiger partial charge >= 0.3 is 0 Å². The fraction of sp³-hybridized carbons (Fsp3) is 0.522. The third kappa shape index (κ3) is 4.20. The molecular weight excluding hydrogens is 382 g/mol. The van der Waals surface area contributed by atoms with Crippen molar-refractivity contribution in [2.24, 2.45) is 5.73 Å². The number of aryl methyl sites for hydroxylation is 1. The summed E-state index contributed by atoms with van der Waals surface area (Å²) in [6.45, 7) is 5.69. The van der Waals surface area contributed by atoms with Crippen LogP contribution in [0.5, 0.6) is 5.75 Å². The van der Waals surface area contributed by atoms with E-state index in [4.69, 9.17) is 10.5 Å². The molecule has 2 aromatic rings. The van der Waals surface area contributed by atoms with E-state index in [1.165, 1.54) is 18.4 Å². The Hall–Kier alpha value is -1.89. The molecule has 156 valence electrons. The number of benzene rings is 1. The van der Waals surface area contributed by atoms with Gasteiger partial charge in [-0.05, 0) is 81.1 Å². The second-order valence-corrected chi connectivity index (χ2v) is 9.51. The van der Waals surface area contributed by atoms with E-state index in [0.29, 0.717) is 12.5 Å². The van der Waals surface area contributed by atoms with Gasteiger partial charge in [-0.1, -0.05) is 12.1 Å². The summed E-state index contributed by atoms with van der Waals surface area (Å²) in [7, 11) is 3.94. The van der Waals surface area contributed by atoms with Crippen molar-refractivity contribution in [1.29, 1.82) is 0 Å². The van der Waals surface area contributed by atoms with Crippen LogP contribution in [0.25, 0.3) is 10.4 Å². The van der Waals surface area contributed by atoms with Crippen molar-refractivity contribution in [1.82, 2.24) is 9.80 Å². The molecule has 29 heavy (non-hydrogen) atoms. The Morgan fingerprint density at radius 1 is 1.17 bits per heavy atom. The summed E-state index contributed by atoms with van der Waals surface area (Å²) in [5, 5.41) is 0. The quantitative estimate of drug-likeness (QED) is 0.830. The monoisotopic (exact) mass is 413 g/mol. The van der Waals surface area contributed by atoms with Crippen LogP contribution in [0.1, 0.15) is 46.0 Å². The first kappa shape index (κ1) is 20.4. The maximum absolute atomic E-state index is 12.9. The van der Waals surface area contributed by atoms with Gasteiger partial charge < -0.3 is 20.3 Å². The minimum Gasteiger partial charge on any atom is -0.496 e. The number of carbonyl (C=O) groups is 1. The van der Waals surface area contributed by atoms with Crippen LogP contribution in [-0.2, 0) is 0 Å². The van der Waals surface area contributed by atoms with Gasteiger partial charge in [0.25, 0.3) is 5.91 Å². The largest absolute Gasteiger partial charge is 0.496 e. The molecule has 2 aliphatic rings. The zero-order valence-electron chi connectivity index (χ0n) is 17.6. The second-order valence-electron chi connectivity index (χ2n) is 8.46. The SMILES string of the molecule is COc1cc(-c2cc(C)c(C(=O)N3CC[C@H](N)C3)s2)ccc1C1CCN(C)CC1. The number of carbonyl (C=O) groups excluding carboxylic acids is 1. The van der Waals surface area contributed by atoms with Crippen molar-refractivity contribution in [2.45, 2.75) is 38.1 Å². The van der Waals surface area contributed by atoms with E-state index >= 15 is 0 Å². The number of nitrogens with zero attached hydrogens (tertiary/aromatic N) is 2. The molecule has 0 spiro atoms. The van der Waals surface area contributed by atoms with E-state index in [2.05, 4.69) is 36.2 Å². The fourth-order valence-corrected chi connectivity index (χ4v) is 5.61. The predicted molar refractivity (Wildman–Crippen MR) is 119 cm³/mol. The van der Waals surface area contributed by atoms with Crippen LogP contribution in [0.3, 0.4) is 0 Å². The van der Waals surface area contributed by atoms with Crippen LogP contribution >= 0.6 is 11.3 Å². The van der Waals surface area contributed by atoms with Gasteiger partial charge in [-0.3, -0.25) is 4.79 Å². The summed E-state index contributed by atoms with van der Waals surface area (Å²) >= 11 is 1.58. The van der Waals surface area contributed by atoms with Crippen LogP contribution in [0.4, 0.5) is 0 Å². The number of hydrogen-bond acceptors (Lipinski definition) is 5. The van der Waals surface area contributed by atoms with Crippen molar-refractivity contribution >= 4 is 17.2 Å². The summed E-state index contributed by atoms with van der Waals surface area (Å²) in [4.78, 5) is 19.1. The predicted octanol–water partition coefficient (Wildman–Crippen LogP) is 3.71. The smallest absolute Gasteiger partial charge is 0.264 e. The van der Waals surface area contributed by atoms with Crippen LogP contribution in [-0.4, -0.2) is 62.1 Å². The first-order chi connectivity index (χ1) is 14.0. The average molecular weight is 414 g/mol. The third-order valence-electron chi connectivity index (χ3n) is 6.30. The van der Waals surface area contributed by atoms with E-state index in [1.54, 1.807) is 18.4 Å². The standard InChI is InChI=1S/C23H31N3O2S/c1-15-12-21(29-22(15)23(27)26-11-8-18(24)14-26)17-4-5-19(20(13-17)28-3)16-6-9-25(2)10-7-16/h4-5,12-13,16,18H,6-11,14,24H2,1-3H3/t18-/m0/s1. The zero-order chi connectivity index (χ0) is 20.5. The van der Waals surface area contributed by atoms with Gasteiger partial charge in [-0.25, -0.2) is 0 Å². The number of amides is 1. The number of piperidine rings is 1. The van der Waals surface area contributed by atoms with Gasteiger partial charge in [-0.15, -0.1) is 11.3 Å². The molecule has 2 aliphatic heterocycles. The summed E-state index contributed by atoms with van der Waals surface area (Å²) in [5.74, 6) is 1.62. The maximum Gasteiger partial charge on any atom is 0.264 e. The highest BCUT2D eigenvalue weighted by molar-refractivity contribution is 7.17. The average Bonchev–Trinajstić information content (AvgIpc) is 3.33. The van der Waals surface area contributed by atoms with E-state index in [1.807, 2.05) is 11.8 Å². The molecule has 4 rings (SSSR count). The minimum absolute atomic E-state index is 0.107. The highest BCUT2D eigenvalue weighted by atomic mass is 32.1. The number of rotatable bonds is 4. The number of nitrogens with two attached hydrogens (primary N) is 1. The van der Waals surface area contributed by atoms with Gasteiger partial charge in [0.15, 0.2) is 0 Å². The van der Waals surface area contributed by atoms with Crippen molar-refractivity contribution in [3.05, 3.63) is 40.3 Å². The maximum atomic E-state index is 12.9. The van der Waals surface area contributed by atoms with E-state index in [0.717, 1.165) is 52.7 Å². The molecule has 6 heteroatoms. The van der Waals surface area contributed by atoms with Crippen LogP contribution in [0, 0.1) is 6.92 Å². The first-order valence-corrected chi connectivity index (χ1v) is 11.3. The van der Waals surface area contributed by atoms with E-state index in [9.17, 15) is 4.79 Å². The lowest BCUT2D eigenvalue weighted by Gasteiger charge is -2.30. The fourth-order valence-electron chi connectivity index (χ4n) is 4.47. The summed E-state index contributed by atoms with van der Waals surface area (Å²) in [6.07, 6.45) is 3.22. The third-order valence-corrected chi connectivity index (χ3v) is 7.57. The molecular formula is C23H31N3O2S. The lowest BCUT2D eigenvalue weighted by Crippen LogP contribution is -2.31. The highest BCUT2D eigenvalue weighted by Crippen LogP contribution is 2.39. The topological polar surface area (TPSA) is 58.8 Å². The number of hydrogen-bond donors (Lipinski definition) is 1. The van der Waals surface area contributed by atoms with Crippen LogP contribution < -0.4 is 10.5 Å². The molecule has 5 nitrogen and oxygen atoms in total. The molecule has 1 aromatic carbocycles. The van der Waals surface area contributed by atoms with Crippen molar-refractivity contribution in [3.8, 4) is 16.2 Å². The summed E-state index contributed by atoms with van der Waals surface area (Å²) in [6, 6.07) is 8.77. The Labute approximate surface area is 177 Å². The van der Waals surface area contributed by atoms with Gasteiger partial charge in [0, 0.05) is 24.0 Å². The molecule has 0 aliphatic carbocycles. The number of likely N-dealkylation sites (tertiary alicyclic amines) is 2. The summed E-state index contributed by atoms with van der Waals surface area (Å²) in [5.41, 5.74) is 9.44. The molecule has 1 aromatic heterocycles. The van der Waals surface area contributed by atoms with Crippen LogP contribution in [0.2, 0.25) is 0 Å². The lowest BCUT2D eigenvalue weighted by molar-refractivity contribution is 0.0795.